The molecule has 119 heavy (non-hydrogen) atoms. The number of aliphatic hydroxyl groups excluding tert-OH is 4. The maximum Gasteiger partial charge on any atom is 0.481 e. The number of nitrogens with one attached hydrogen (secondary N) is 4. The summed E-state index contributed by atoms with van der Waals surface area (Å²) in [6.07, 6.45) is -4.05. The molecule has 20 N–H and O–H groups in total. The molecule has 4 fully saturated rings. The molecule has 14 atom stereocenters. The van der Waals surface area contributed by atoms with E-state index in [1.54, 1.807) is 0 Å². The van der Waals surface area contributed by atoms with E-state index in [0.717, 1.165) is 105 Å². The number of benzene rings is 1. The maximum absolute atomic E-state index is 13.4. The van der Waals surface area contributed by atoms with Crippen molar-refractivity contribution in [1.82, 2.24) is 60.3 Å². The average molecular weight is 1810 g/mol. The van der Waals surface area contributed by atoms with Crippen molar-refractivity contribution in [1.29, 1.82) is 0 Å². The summed E-state index contributed by atoms with van der Waals surface area (Å²) in [6, 6.07) is 8.18. The SMILES string of the molecule is CC(C)(COP(=O)(O)OP(=O)(O)OCC1OC(n2cnc3c(N)ncnc32)C(O)C1OP(=O)(O)O)C(O)C(=O)NCCC(=O)NCCC(=O)C1(CCCCCc2ccccc2CCCCC2(C(=O)CCNC(=O)CCNC(=O)C(O)C(C)(C)COP(=O)(O)OP(=O)(O)OCC3OC(n4cnc5c(N)ncnc54)C(O)C3OP(=O)(O)O)CC2)CC1. The predicted octanol–water partition coefficient (Wildman–Crippen LogP) is 1.82. The molecule has 6 heterocycles. The van der Waals surface area contributed by atoms with E-state index in [4.69, 9.17) is 39.0 Å². The molecule has 1 aromatic carbocycles. The number of phosphoric acid groups is 6. The summed E-state index contributed by atoms with van der Waals surface area (Å²) in [5.41, 5.74) is 9.90. The van der Waals surface area contributed by atoms with Crippen LogP contribution in [0.15, 0.2) is 49.6 Å². The summed E-state index contributed by atoms with van der Waals surface area (Å²) in [7, 11) is -33.2. The van der Waals surface area contributed by atoms with Gasteiger partial charge in [0, 0.05) is 73.5 Å². The zero-order valence-corrected chi connectivity index (χ0v) is 70.2. The number of imidazole rings is 2. The molecule has 2 aliphatic heterocycles. The van der Waals surface area contributed by atoms with Crippen molar-refractivity contribution in [3.8, 4) is 0 Å². The number of phosphoric ester groups is 6. The Labute approximate surface area is 679 Å². The summed E-state index contributed by atoms with van der Waals surface area (Å²) < 4.78 is 126. The molecule has 48 nitrogen and oxygen atoms in total. The summed E-state index contributed by atoms with van der Waals surface area (Å²) >= 11 is 0. The molecule has 2 saturated heterocycles. The Balaban J connectivity index is 0.588. The van der Waals surface area contributed by atoms with Crippen LogP contribution in [0.4, 0.5) is 11.6 Å². The maximum atomic E-state index is 13.4. The second-order valence-corrected chi connectivity index (χ2v) is 39.1. The molecule has 4 aliphatic rings. The molecule has 664 valence electrons. The number of rotatable bonds is 51. The smallest absolute Gasteiger partial charge is 0.386 e. The highest BCUT2D eigenvalue weighted by Crippen LogP contribution is 2.63. The molecule has 5 aromatic rings. The van der Waals surface area contributed by atoms with Gasteiger partial charge in [-0.15, -0.1) is 0 Å². The Kier molecular flexibility index (Phi) is 32.5. The number of nitrogens with zero attached hydrogens (tertiary/aromatic N) is 8. The van der Waals surface area contributed by atoms with Crippen LogP contribution in [0.25, 0.3) is 22.3 Å². The van der Waals surface area contributed by atoms with Crippen LogP contribution >= 0.6 is 46.9 Å². The fourth-order valence-electron chi connectivity index (χ4n) is 13.5. The van der Waals surface area contributed by atoms with Crippen LogP contribution in [-0.2, 0) is 114 Å². The number of Topliss-reactive ketones (excluding diaryl/α,β-unsaturated/α-hetero) is 2. The van der Waals surface area contributed by atoms with E-state index in [1.807, 2.05) is 12.1 Å². The zero-order chi connectivity index (χ0) is 87.5. The van der Waals surface area contributed by atoms with Crippen LogP contribution < -0.4 is 32.7 Å². The van der Waals surface area contributed by atoms with E-state index in [0.29, 0.717) is 12.8 Å². The molecule has 0 radical (unpaired) electrons. The van der Waals surface area contributed by atoms with Crippen molar-refractivity contribution in [3.63, 3.8) is 0 Å². The average Bonchev–Trinajstić information content (AvgIpc) is 1.61. The number of amides is 4. The molecule has 2 saturated carbocycles. The summed E-state index contributed by atoms with van der Waals surface area (Å²) in [5.74, 6) is -3.11. The first-order chi connectivity index (χ1) is 55.5. The van der Waals surface area contributed by atoms with Crippen LogP contribution in [0.3, 0.4) is 0 Å². The van der Waals surface area contributed by atoms with Gasteiger partial charge in [-0.05, 0) is 75.3 Å². The quantitative estimate of drug-likeness (QED) is 0.0195. The number of aryl methyl sites for hydroxylation is 2. The molecule has 4 amide bonds. The van der Waals surface area contributed by atoms with Gasteiger partial charge in [0.05, 0.1) is 39.1 Å². The number of anilines is 2. The third kappa shape index (κ3) is 27.3. The van der Waals surface area contributed by atoms with Crippen molar-refractivity contribution in [2.24, 2.45) is 21.7 Å². The second kappa shape index (κ2) is 40.1. The number of nitrogen functional groups attached to an aromatic ring is 2. The van der Waals surface area contributed by atoms with Crippen molar-refractivity contribution < 1.29 is 161 Å². The second-order valence-electron chi connectivity index (χ2n) is 30.6. The van der Waals surface area contributed by atoms with Crippen molar-refractivity contribution in [2.75, 3.05) is 64.1 Å². The number of hydrogen-bond donors (Lipinski definition) is 18. The molecule has 2 aliphatic carbocycles. The Hall–Kier alpha value is -6.36. The Bertz CT molecular complexity index is 4730. The Morgan fingerprint density at radius 1 is 0.513 bits per heavy atom. The number of carbonyl (C=O) groups is 6. The van der Waals surface area contributed by atoms with Crippen LogP contribution in [0.1, 0.15) is 148 Å². The number of hydrogen-bond acceptors (Lipinski definition) is 34. The minimum Gasteiger partial charge on any atom is -0.386 e. The highest BCUT2D eigenvalue weighted by Gasteiger charge is 2.54. The van der Waals surface area contributed by atoms with Gasteiger partial charge in [-0.25, -0.2) is 57.3 Å². The summed E-state index contributed by atoms with van der Waals surface area (Å²) in [4.78, 5) is 181. The lowest BCUT2D eigenvalue weighted by atomic mass is 9.87. The number of fused-ring (bicyclic) bond motifs is 2. The highest BCUT2D eigenvalue weighted by molar-refractivity contribution is 7.61. The van der Waals surface area contributed by atoms with Crippen molar-refractivity contribution >= 4 is 116 Å². The van der Waals surface area contributed by atoms with E-state index in [-0.39, 0.29) is 97.4 Å². The van der Waals surface area contributed by atoms with Crippen LogP contribution in [0.2, 0.25) is 0 Å². The Morgan fingerprint density at radius 2 is 0.866 bits per heavy atom. The fourth-order valence-corrected chi connectivity index (χ4v) is 19.1. The largest absolute Gasteiger partial charge is 0.481 e. The number of ether oxygens (including phenoxy) is 2. The van der Waals surface area contributed by atoms with Crippen molar-refractivity contribution in [3.05, 3.63) is 60.7 Å². The van der Waals surface area contributed by atoms with Gasteiger partial charge in [0.1, 0.15) is 84.1 Å². The van der Waals surface area contributed by atoms with E-state index in [9.17, 15) is 116 Å². The molecule has 14 unspecified atom stereocenters. The topological polar surface area (TPSA) is 727 Å². The number of unbranched alkanes of at least 4 members (excludes halogenated alkanes) is 3. The zero-order valence-electron chi connectivity index (χ0n) is 64.8. The normalized spacial score (nSPS) is 23.0. The number of carbonyl (C=O) groups excluding carboxylic acids is 6. The lowest BCUT2D eigenvalue weighted by molar-refractivity contribution is -0.137. The highest BCUT2D eigenvalue weighted by atomic mass is 31.3. The van der Waals surface area contributed by atoms with E-state index in [2.05, 4.69) is 81.0 Å². The first kappa shape index (κ1) is 96.5. The van der Waals surface area contributed by atoms with Crippen LogP contribution in [0.5, 0.6) is 0 Å². The summed E-state index contributed by atoms with van der Waals surface area (Å²) in [5, 5.41) is 53.7. The number of ketones is 2. The molecule has 54 heteroatoms. The molecule has 9 rings (SSSR count). The van der Waals surface area contributed by atoms with Gasteiger partial charge in [-0.1, -0.05) is 71.2 Å². The first-order valence-electron chi connectivity index (χ1n) is 37.5. The number of nitrogens with two attached hydrogens (primary N) is 2. The predicted molar refractivity (Wildman–Crippen MR) is 408 cm³/mol. The van der Waals surface area contributed by atoms with Gasteiger partial charge in [0.15, 0.2) is 35.4 Å². The van der Waals surface area contributed by atoms with Gasteiger partial charge in [-0.2, -0.15) is 8.62 Å². The summed E-state index contributed by atoms with van der Waals surface area (Å²) in [6.45, 7) is 0.288. The van der Waals surface area contributed by atoms with Gasteiger partial charge < -0.3 is 102 Å². The van der Waals surface area contributed by atoms with Gasteiger partial charge >= 0.3 is 46.9 Å². The first-order valence-corrected chi connectivity index (χ1v) is 46.5. The van der Waals surface area contributed by atoms with Gasteiger partial charge in [0.2, 0.25) is 23.6 Å². The van der Waals surface area contributed by atoms with E-state index >= 15 is 0 Å². The Morgan fingerprint density at radius 3 is 1.24 bits per heavy atom. The van der Waals surface area contributed by atoms with Crippen LogP contribution in [-0.4, -0.2) is 235 Å². The van der Waals surface area contributed by atoms with Crippen molar-refractivity contribution in [2.45, 2.75) is 198 Å². The third-order valence-electron chi connectivity index (χ3n) is 20.5. The molecule has 0 spiro atoms. The van der Waals surface area contributed by atoms with Crippen LogP contribution in [0, 0.1) is 21.7 Å². The minimum atomic E-state index is -5.65. The molecule has 4 aromatic heterocycles. The molecular weight excluding hydrogens is 1710 g/mol. The monoisotopic (exact) mass is 1810 g/mol. The third-order valence-corrected chi connectivity index (χ3v) is 26.7. The lowest BCUT2D eigenvalue weighted by Gasteiger charge is -2.30. The van der Waals surface area contributed by atoms with Gasteiger partial charge in [0.25, 0.3) is 0 Å². The molecule has 0 bridgehead atoms. The number of aliphatic hydroxyl groups is 4. The standard InChI is InChI=1S/C65H100N14O34P6/c1-62(2,32-106-118(100,101)112-116(96,97)104-30-40-50(110-114(90,91)92)48(84)60(108-40)78-36-76-46-54(66)72-34-74-56(46)78)52(86)58(88)70-28-18-44(82)68-26-16-42(80)64(22-23-64)20-10-5-6-12-38-13-7-8-14-39(38)15-9-11-21-65(24-25-65)43(81)17-27-69-45(83)19-29-71-59(89)53(87)63(3,4)33-107-119(102,103)113-117(98,99)105-31-41-51(111-115(93,94)95)49(85)61(109-41)79-37-77-47-55(67)73-35-75-57(47)79/h7-8,13-14,34-37,40-41,48-53,60-61,84-87H,5-6,9-12,15-33H2,1-4H3,(H,68,82)(H,69,83)(H,70,88)(H,71,89)(H,96,97)(H,98,99)(H,100,101)(H,102,103)(H2,66,72,74)(H2,67,73,75)(H2,90,91,92)(H2,93,94,95). The van der Waals surface area contributed by atoms with Gasteiger partial charge in [-0.3, -0.25) is 65.0 Å². The lowest BCUT2D eigenvalue weighted by Crippen LogP contribution is -2.46. The molecular formula is C65H100N14O34P6. The minimum absolute atomic E-state index is 0.00533. The fraction of sp³-hybridized carbons (Fsp3) is 0.662. The van der Waals surface area contributed by atoms with E-state index in [1.165, 1.54) is 38.8 Å². The van der Waals surface area contributed by atoms with E-state index < -0.39 is 180 Å². The number of aromatic nitrogens is 8.